The number of amides is 4. The van der Waals surface area contributed by atoms with Gasteiger partial charge in [-0.2, -0.15) is 0 Å². The second-order valence-corrected chi connectivity index (χ2v) is 17.0. The van der Waals surface area contributed by atoms with Crippen LogP contribution < -0.4 is 10.6 Å². The topological polar surface area (TPSA) is 186 Å². The van der Waals surface area contributed by atoms with E-state index in [1.54, 1.807) is 4.90 Å². The van der Waals surface area contributed by atoms with Crippen molar-refractivity contribution in [2.24, 2.45) is 23.7 Å². The Morgan fingerprint density at radius 1 is 0.807 bits per heavy atom. The minimum Gasteiger partial charge on any atom is -0.465 e. The number of aromatic nitrogens is 4. The number of imidazole rings is 2. The first kappa shape index (κ1) is 38.6. The molecular formula is C41H44Cl2N8O6. The van der Waals surface area contributed by atoms with Crippen LogP contribution in [0.3, 0.4) is 0 Å². The van der Waals surface area contributed by atoms with Crippen LogP contribution in [-0.2, 0) is 14.3 Å². The lowest BCUT2D eigenvalue weighted by Gasteiger charge is -2.31. The van der Waals surface area contributed by atoms with Crippen molar-refractivity contribution in [3.05, 3.63) is 69.6 Å². The largest absolute Gasteiger partial charge is 0.465 e. The van der Waals surface area contributed by atoms with Gasteiger partial charge in [0.25, 0.3) is 0 Å². The molecule has 0 unspecified atom stereocenters. The molecule has 4 amide bonds. The lowest BCUT2D eigenvalue weighted by molar-refractivity contribution is -0.137. The summed E-state index contributed by atoms with van der Waals surface area (Å²) in [6.45, 7) is 7.42. The summed E-state index contributed by atoms with van der Waals surface area (Å²) in [6.07, 6.45) is 1.42. The Bertz CT molecular complexity index is 2350. The summed E-state index contributed by atoms with van der Waals surface area (Å²) < 4.78 is 4.77. The number of H-pyrrole nitrogens is 2. The maximum atomic E-state index is 13.8. The Kier molecular flexibility index (Phi) is 10.1. The number of halogens is 2. The number of nitrogens with zero attached hydrogens (tertiary/aromatic N) is 4. The maximum Gasteiger partial charge on any atom is 0.407 e. The molecule has 298 valence electrons. The molecular weight excluding hydrogens is 771 g/mol. The normalized spacial score (nSPS) is 24.1. The molecule has 0 spiro atoms. The fourth-order valence-electron chi connectivity index (χ4n) is 8.64. The van der Waals surface area contributed by atoms with Crippen LogP contribution in [0, 0.1) is 35.5 Å². The first-order valence-corrected chi connectivity index (χ1v) is 20.0. The third kappa shape index (κ3) is 7.39. The van der Waals surface area contributed by atoms with Crippen molar-refractivity contribution < 1.29 is 29.0 Å². The highest BCUT2D eigenvalue weighted by Crippen LogP contribution is 2.55. The van der Waals surface area contributed by atoms with Crippen molar-refractivity contribution in [1.82, 2.24) is 40.4 Å². The summed E-state index contributed by atoms with van der Waals surface area (Å²) in [5, 5.41) is 17.0. The summed E-state index contributed by atoms with van der Waals surface area (Å²) in [5.74, 6) is 7.41. The Balaban J connectivity index is 0.986. The number of rotatable bonds is 9. The van der Waals surface area contributed by atoms with Crippen LogP contribution in [0.4, 0.5) is 9.59 Å². The maximum absolute atomic E-state index is 13.8. The van der Waals surface area contributed by atoms with Crippen molar-refractivity contribution in [2.75, 3.05) is 7.11 Å². The number of alkyl carbamates (subject to hydrolysis) is 1. The van der Waals surface area contributed by atoms with E-state index in [0.717, 1.165) is 47.6 Å². The zero-order valence-electron chi connectivity index (χ0n) is 32.1. The van der Waals surface area contributed by atoms with Gasteiger partial charge in [-0.1, -0.05) is 75.0 Å². The van der Waals surface area contributed by atoms with Crippen molar-refractivity contribution in [2.45, 2.75) is 89.6 Å². The molecule has 2 aromatic heterocycles. The number of nitrogens with one attached hydrogen (secondary N) is 4. The molecule has 4 heterocycles. The van der Waals surface area contributed by atoms with E-state index in [9.17, 15) is 24.3 Å². The van der Waals surface area contributed by atoms with Crippen LogP contribution >= 0.6 is 23.2 Å². The minimum absolute atomic E-state index is 0.0654. The van der Waals surface area contributed by atoms with E-state index in [2.05, 4.69) is 37.4 Å². The van der Waals surface area contributed by atoms with Gasteiger partial charge in [-0.05, 0) is 84.2 Å². The van der Waals surface area contributed by atoms with Gasteiger partial charge in [0.05, 0.1) is 19.2 Å². The monoisotopic (exact) mass is 814 g/mol. The molecule has 4 aromatic rings. The van der Waals surface area contributed by atoms with Crippen molar-refractivity contribution in [1.29, 1.82) is 0 Å². The molecule has 16 heteroatoms. The lowest BCUT2D eigenvalue weighted by Crippen LogP contribution is -2.52. The summed E-state index contributed by atoms with van der Waals surface area (Å²) in [5.41, 5.74) is 2.58. The molecule has 2 aromatic carbocycles. The number of ether oxygens (including phenoxy) is 1. The molecule has 4 fully saturated rings. The average Bonchev–Trinajstić information content (AvgIpc) is 3.89. The van der Waals surface area contributed by atoms with E-state index in [4.69, 9.17) is 32.9 Å². The average molecular weight is 816 g/mol. The van der Waals surface area contributed by atoms with Crippen LogP contribution in [0.1, 0.15) is 88.4 Å². The number of carbonyl (C=O) groups is 4. The molecule has 0 radical (unpaired) electrons. The van der Waals surface area contributed by atoms with Crippen LogP contribution in [0.2, 0.25) is 10.3 Å². The third-order valence-corrected chi connectivity index (χ3v) is 12.3. The van der Waals surface area contributed by atoms with E-state index >= 15 is 0 Å². The zero-order chi connectivity index (χ0) is 40.4. The molecule has 2 saturated heterocycles. The predicted molar refractivity (Wildman–Crippen MR) is 212 cm³/mol. The quantitative estimate of drug-likeness (QED) is 0.116. The van der Waals surface area contributed by atoms with Crippen LogP contribution in [0.5, 0.6) is 0 Å². The number of piperidine rings is 2. The first-order chi connectivity index (χ1) is 27.2. The van der Waals surface area contributed by atoms with Gasteiger partial charge in [-0.3, -0.25) is 9.59 Å². The van der Waals surface area contributed by atoms with Gasteiger partial charge in [0.1, 0.15) is 40.3 Å². The summed E-state index contributed by atoms with van der Waals surface area (Å²) in [4.78, 5) is 70.5. The molecule has 57 heavy (non-hydrogen) atoms. The number of benzene rings is 2. The number of likely N-dealkylation sites (tertiary alicyclic amines) is 2. The Hall–Kier alpha value is -5.26. The molecule has 4 aliphatic rings. The van der Waals surface area contributed by atoms with Crippen molar-refractivity contribution in [3.8, 4) is 23.1 Å². The van der Waals surface area contributed by atoms with Crippen LogP contribution in [0.15, 0.2) is 36.4 Å². The van der Waals surface area contributed by atoms with Gasteiger partial charge in [0, 0.05) is 23.2 Å². The first-order valence-electron chi connectivity index (χ1n) is 19.3. The number of carbonyl (C=O) groups excluding carboxylic acids is 3. The molecule has 2 aliphatic carbocycles. The SMILES string of the molecule is COC(=O)N[C@H](C(=O)N1[C@@H]2C[C@@H]2C[C@H]1c1nc(Cl)c(C#Cc2ccc3cc(-c4nc([C@@H]5C[C@H]6C[C@H]6N5C(=O)[C@@H](NC(=O)O)C(C)C)[nH]c4Cl)ccc3c2)[nH]1)C(C)C. The lowest BCUT2D eigenvalue weighted by atomic mass is 10.0. The molecule has 14 nitrogen and oxygen atoms in total. The van der Waals surface area contributed by atoms with Crippen molar-refractivity contribution in [3.63, 3.8) is 0 Å². The van der Waals surface area contributed by atoms with E-state index in [1.807, 2.05) is 69.0 Å². The number of hydrogen-bond acceptors (Lipinski definition) is 7. The number of hydrogen-bond donors (Lipinski definition) is 5. The Labute approximate surface area is 339 Å². The smallest absolute Gasteiger partial charge is 0.407 e. The van der Waals surface area contributed by atoms with Gasteiger partial charge in [-0.25, -0.2) is 19.6 Å². The highest BCUT2D eigenvalue weighted by molar-refractivity contribution is 6.32. The predicted octanol–water partition coefficient (Wildman–Crippen LogP) is 6.66. The Morgan fingerprint density at radius 2 is 1.39 bits per heavy atom. The Morgan fingerprint density at radius 3 is 1.98 bits per heavy atom. The third-order valence-electron chi connectivity index (χ3n) is 11.8. The highest BCUT2D eigenvalue weighted by Gasteiger charge is 2.57. The molecule has 5 N–H and O–H groups in total. The second-order valence-electron chi connectivity index (χ2n) is 16.2. The van der Waals surface area contributed by atoms with Gasteiger partial charge in [0.15, 0.2) is 5.15 Å². The van der Waals surface area contributed by atoms with Gasteiger partial charge >= 0.3 is 12.2 Å². The molecule has 8 atom stereocenters. The molecule has 8 rings (SSSR count). The fraction of sp³-hybridized carbons (Fsp3) is 0.463. The minimum atomic E-state index is -1.23. The molecule has 2 saturated carbocycles. The van der Waals surface area contributed by atoms with E-state index < -0.39 is 24.3 Å². The second kappa shape index (κ2) is 14.9. The summed E-state index contributed by atoms with van der Waals surface area (Å²) >= 11 is 13.3. The summed E-state index contributed by atoms with van der Waals surface area (Å²) in [7, 11) is 1.27. The van der Waals surface area contributed by atoms with Crippen LogP contribution in [0.25, 0.3) is 22.0 Å². The van der Waals surface area contributed by atoms with Crippen molar-refractivity contribution >= 4 is 58.0 Å². The number of fused-ring (bicyclic) bond motifs is 3. The van der Waals surface area contributed by atoms with Gasteiger partial charge in [0.2, 0.25) is 11.8 Å². The number of methoxy groups -OCH3 is 1. The van der Waals surface area contributed by atoms with Gasteiger partial charge < -0.3 is 40.2 Å². The fourth-order valence-corrected chi connectivity index (χ4v) is 9.07. The summed E-state index contributed by atoms with van der Waals surface area (Å²) in [6, 6.07) is 9.70. The molecule has 0 bridgehead atoms. The van der Waals surface area contributed by atoms with E-state index in [-0.39, 0.29) is 53.0 Å². The van der Waals surface area contributed by atoms with E-state index in [0.29, 0.717) is 40.0 Å². The van der Waals surface area contributed by atoms with E-state index in [1.165, 1.54) is 7.11 Å². The number of aromatic amines is 2. The van der Waals surface area contributed by atoms with Gasteiger partial charge in [-0.15, -0.1) is 0 Å². The zero-order valence-corrected chi connectivity index (χ0v) is 33.6. The molecule has 2 aliphatic heterocycles. The number of carboxylic acid groups (broad SMARTS) is 1. The standard InChI is InChI=1S/C41H44Cl2N8O6/c1-18(2)31(46-40(54)55)38(52)51-28-15-25(28)17-30(51)37-45-33(35(43)49-37)23-10-9-21-12-20(6-8-22(21)13-23)7-11-26-34(42)48-36(44-26)29-16-24-14-27(24)50(29)39(53)32(19(3)4)47-41(56)57-5/h6,8-10,12-13,18-19,24-25,27-32,46H,14-17H2,1-5H3,(H,44,48)(H,45,49)(H,47,56)(H,54,55)/t24-,25-,27-,28-,29+,30+,31+,32+/m1/s1. The van der Waals surface area contributed by atoms with Crippen LogP contribution in [-0.4, -0.2) is 90.1 Å². The highest BCUT2D eigenvalue weighted by atomic mass is 35.5.